The number of fused-ring (bicyclic) bond motifs is 2. The maximum atomic E-state index is 13.6. The van der Waals surface area contributed by atoms with Gasteiger partial charge in [-0.2, -0.15) is 0 Å². The van der Waals surface area contributed by atoms with E-state index >= 15 is 0 Å². The largest absolute Gasteiger partial charge is 0.341 e. The average molecular weight is 481 g/mol. The first-order valence-corrected chi connectivity index (χ1v) is 13.2. The van der Waals surface area contributed by atoms with Crippen LogP contribution in [0, 0.1) is 5.92 Å². The first-order valence-electron chi connectivity index (χ1n) is 11.7. The molecule has 0 saturated carbocycles. The van der Waals surface area contributed by atoms with E-state index < -0.39 is 16.1 Å². The molecule has 1 aromatic carbocycles. The third-order valence-corrected chi connectivity index (χ3v) is 8.28. The van der Waals surface area contributed by atoms with Gasteiger partial charge in [-0.15, -0.1) is 10.2 Å². The van der Waals surface area contributed by atoms with Gasteiger partial charge in [0.15, 0.2) is 5.65 Å². The van der Waals surface area contributed by atoms with Gasteiger partial charge < -0.3 is 4.90 Å². The number of amidine groups is 1. The first-order chi connectivity index (χ1) is 16.4. The highest BCUT2D eigenvalue weighted by Crippen LogP contribution is 2.29. The quantitative estimate of drug-likeness (QED) is 0.604. The predicted octanol–water partition coefficient (Wildman–Crippen LogP) is 2.59. The molecule has 2 aromatic heterocycles. The molecule has 2 aliphatic rings. The molecule has 0 unspecified atom stereocenters. The topological polar surface area (TPSA) is 109 Å². The van der Waals surface area contributed by atoms with E-state index in [-0.39, 0.29) is 28.5 Å². The van der Waals surface area contributed by atoms with Crippen molar-refractivity contribution in [1.82, 2.24) is 24.2 Å². The van der Waals surface area contributed by atoms with Crippen LogP contribution in [0.15, 0.2) is 58.5 Å². The fourth-order valence-corrected chi connectivity index (χ4v) is 5.94. The van der Waals surface area contributed by atoms with E-state index in [0.29, 0.717) is 18.7 Å². The standard InChI is InChI=1S/C24H28N6O3S/c1-3-16(2)21(25-22-18-8-4-5-9-19(18)34(32,33)28-22)24(31)29-14-11-17(12-15-29)23-27-26-20-10-6-7-13-30(20)23/h4-10,13,16-17,21H,3,11-12,14-15H2,1-2H3,(H,25,28)/t16-,21-/m0/s1. The number of piperidine rings is 1. The van der Waals surface area contributed by atoms with Crippen molar-refractivity contribution in [3.05, 3.63) is 60.0 Å². The lowest BCUT2D eigenvalue weighted by Crippen LogP contribution is -2.45. The second kappa shape index (κ2) is 8.83. The second-order valence-electron chi connectivity index (χ2n) is 9.00. The highest BCUT2D eigenvalue weighted by molar-refractivity contribution is 7.90. The summed E-state index contributed by atoms with van der Waals surface area (Å²) in [6, 6.07) is 11.9. The van der Waals surface area contributed by atoms with Crippen LogP contribution in [0.2, 0.25) is 0 Å². The molecule has 0 aliphatic carbocycles. The Hall–Kier alpha value is -3.27. The minimum Gasteiger partial charge on any atom is -0.341 e. The van der Waals surface area contributed by atoms with Crippen LogP contribution < -0.4 is 4.72 Å². The highest BCUT2D eigenvalue weighted by Gasteiger charge is 2.36. The van der Waals surface area contributed by atoms with Gasteiger partial charge in [0.1, 0.15) is 17.7 Å². The summed E-state index contributed by atoms with van der Waals surface area (Å²) in [5.74, 6) is 1.31. The number of benzene rings is 1. The molecule has 9 nitrogen and oxygen atoms in total. The van der Waals surface area contributed by atoms with Gasteiger partial charge >= 0.3 is 0 Å². The maximum absolute atomic E-state index is 13.6. The van der Waals surface area contributed by atoms with E-state index in [0.717, 1.165) is 30.7 Å². The number of likely N-dealkylation sites (tertiary alicyclic amines) is 1. The van der Waals surface area contributed by atoms with E-state index in [1.165, 1.54) is 0 Å². The summed E-state index contributed by atoms with van der Waals surface area (Å²) in [4.78, 5) is 20.3. The van der Waals surface area contributed by atoms with E-state index in [1.807, 2.05) is 47.5 Å². The molecule has 10 heteroatoms. The molecule has 2 aliphatic heterocycles. The van der Waals surface area contributed by atoms with Gasteiger partial charge in [0, 0.05) is 30.8 Å². The van der Waals surface area contributed by atoms with Crippen LogP contribution in [0.3, 0.4) is 0 Å². The zero-order chi connectivity index (χ0) is 23.9. The van der Waals surface area contributed by atoms with Gasteiger partial charge in [-0.25, -0.2) is 8.42 Å². The number of hydrogen-bond acceptors (Lipinski definition) is 6. The molecule has 1 amide bonds. The highest BCUT2D eigenvalue weighted by atomic mass is 32.2. The number of aliphatic imine (C=N–C) groups is 1. The van der Waals surface area contributed by atoms with Crippen LogP contribution in [-0.2, 0) is 14.8 Å². The minimum absolute atomic E-state index is 0.0320. The zero-order valence-corrected chi connectivity index (χ0v) is 20.1. The molecule has 2 atom stereocenters. The molecule has 34 heavy (non-hydrogen) atoms. The number of nitrogens with one attached hydrogen (secondary N) is 1. The first kappa shape index (κ1) is 22.5. The molecule has 178 valence electrons. The molecule has 1 N–H and O–H groups in total. The van der Waals surface area contributed by atoms with Crippen molar-refractivity contribution < 1.29 is 13.2 Å². The van der Waals surface area contributed by atoms with E-state index in [9.17, 15) is 13.2 Å². The van der Waals surface area contributed by atoms with Crippen molar-refractivity contribution in [1.29, 1.82) is 0 Å². The average Bonchev–Trinajstić information content (AvgIpc) is 3.40. The van der Waals surface area contributed by atoms with Gasteiger partial charge in [0.2, 0.25) is 5.91 Å². The van der Waals surface area contributed by atoms with Crippen LogP contribution in [-0.4, -0.2) is 58.8 Å². The van der Waals surface area contributed by atoms with E-state index in [4.69, 9.17) is 0 Å². The van der Waals surface area contributed by atoms with Crippen LogP contribution in [0.1, 0.15) is 50.4 Å². The summed E-state index contributed by atoms with van der Waals surface area (Å²) in [6.45, 7) is 5.20. The Bertz CT molecular complexity index is 1360. The Balaban J connectivity index is 1.35. The Morgan fingerprint density at radius 1 is 1.15 bits per heavy atom. The van der Waals surface area contributed by atoms with E-state index in [2.05, 4.69) is 19.9 Å². The minimum atomic E-state index is -3.65. The van der Waals surface area contributed by atoms with Crippen molar-refractivity contribution in [2.75, 3.05) is 13.1 Å². The number of nitrogens with zero attached hydrogens (tertiary/aromatic N) is 5. The fourth-order valence-electron chi connectivity index (χ4n) is 4.70. The molecule has 1 fully saturated rings. The normalized spacial score (nSPS) is 20.8. The number of amides is 1. The van der Waals surface area contributed by atoms with Crippen LogP contribution in [0.25, 0.3) is 5.65 Å². The lowest BCUT2D eigenvalue weighted by molar-refractivity contribution is -0.134. The van der Waals surface area contributed by atoms with Crippen molar-refractivity contribution in [2.24, 2.45) is 10.9 Å². The number of carbonyl (C=O) groups is 1. The number of aromatic nitrogens is 3. The number of pyridine rings is 1. The molecule has 5 rings (SSSR count). The lowest BCUT2D eigenvalue weighted by atomic mass is 9.93. The Kier molecular flexibility index (Phi) is 5.85. The second-order valence-corrected chi connectivity index (χ2v) is 10.6. The van der Waals surface area contributed by atoms with Crippen LogP contribution in [0.5, 0.6) is 0 Å². The summed E-state index contributed by atoms with van der Waals surface area (Å²) < 4.78 is 29.5. The van der Waals surface area contributed by atoms with Crippen molar-refractivity contribution in [3.8, 4) is 0 Å². The summed E-state index contributed by atoms with van der Waals surface area (Å²) in [6.07, 6.45) is 4.31. The van der Waals surface area contributed by atoms with Crippen molar-refractivity contribution in [2.45, 2.75) is 50.0 Å². The van der Waals surface area contributed by atoms with Crippen molar-refractivity contribution >= 4 is 27.4 Å². The van der Waals surface area contributed by atoms with Gasteiger partial charge in [-0.05, 0) is 43.0 Å². The van der Waals surface area contributed by atoms with E-state index in [1.54, 1.807) is 24.3 Å². The molecule has 4 heterocycles. The summed E-state index contributed by atoms with van der Waals surface area (Å²) >= 11 is 0. The third-order valence-electron chi connectivity index (χ3n) is 6.88. The molecule has 0 radical (unpaired) electrons. The fraction of sp³-hybridized carbons (Fsp3) is 0.417. The smallest absolute Gasteiger partial charge is 0.263 e. The van der Waals surface area contributed by atoms with Gasteiger partial charge in [0.05, 0.1) is 4.90 Å². The van der Waals surface area contributed by atoms with Crippen LogP contribution >= 0.6 is 0 Å². The van der Waals surface area contributed by atoms with Gasteiger partial charge in [-0.1, -0.05) is 38.5 Å². The summed E-state index contributed by atoms with van der Waals surface area (Å²) in [5.41, 5.74) is 1.34. The van der Waals surface area contributed by atoms with Gasteiger partial charge in [0.25, 0.3) is 10.0 Å². The number of sulfonamides is 1. The molecule has 3 aromatic rings. The van der Waals surface area contributed by atoms with Gasteiger partial charge in [-0.3, -0.25) is 18.9 Å². The van der Waals surface area contributed by atoms with Crippen LogP contribution in [0.4, 0.5) is 0 Å². The number of carbonyl (C=O) groups excluding carboxylic acids is 1. The monoisotopic (exact) mass is 480 g/mol. The maximum Gasteiger partial charge on any atom is 0.263 e. The number of rotatable bonds is 5. The van der Waals surface area contributed by atoms with Crippen molar-refractivity contribution in [3.63, 3.8) is 0 Å². The molecular formula is C24H28N6O3S. The summed E-state index contributed by atoms with van der Waals surface area (Å²) in [5, 5.41) is 8.65. The molecule has 0 spiro atoms. The Morgan fingerprint density at radius 3 is 2.65 bits per heavy atom. The molecule has 1 saturated heterocycles. The molecule has 0 bridgehead atoms. The third kappa shape index (κ3) is 3.96. The Labute approximate surface area is 199 Å². The SMILES string of the molecule is CC[C@H](C)[C@H](N=C1NS(=O)(=O)c2ccccc21)C(=O)N1CCC(c2nnc3ccccn23)CC1. The zero-order valence-electron chi connectivity index (χ0n) is 19.3. The number of hydrogen-bond donors (Lipinski definition) is 1. The predicted molar refractivity (Wildman–Crippen MR) is 128 cm³/mol. The summed E-state index contributed by atoms with van der Waals surface area (Å²) in [7, 11) is -3.65. The Morgan fingerprint density at radius 2 is 1.88 bits per heavy atom. The lowest BCUT2D eigenvalue weighted by Gasteiger charge is -2.34. The molecular weight excluding hydrogens is 452 g/mol.